The van der Waals surface area contributed by atoms with E-state index in [9.17, 15) is 13.2 Å². The van der Waals surface area contributed by atoms with Gasteiger partial charge in [-0.25, -0.2) is 0 Å². The lowest BCUT2D eigenvalue weighted by Gasteiger charge is -2.06. The predicted octanol–water partition coefficient (Wildman–Crippen LogP) is 3.06. The lowest BCUT2D eigenvalue weighted by Crippen LogP contribution is -2.22. The molecule has 1 aromatic rings. The number of ether oxygens (including phenoxy) is 1. The van der Waals surface area contributed by atoms with Crippen LogP contribution in [0, 0.1) is 0 Å². The quantitative estimate of drug-likeness (QED) is 0.574. The Morgan fingerprint density at radius 3 is 2.40 bits per heavy atom. The summed E-state index contributed by atoms with van der Waals surface area (Å²) in [5, 5.41) is 1.00. The average molecular weight is 231 g/mol. The van der Waals surface area contributed by atoms with Crippen molar-refractivity contribution in [3.05, 3.63) is 36.4 Å². The minimum absolute atomic E-state index is 0.101. The van der Waals surface area contributed by atoms with E-state index in [2.05, 4.69) is 4.74 Å². The topological polar surface area (TPSA) is 9.23 Å². The smallest absolute Gasteiger partial charge is 0.344 e. The molecule has 0 aliphatic heterocycles. The van der Waals surface area contributed by atoms with Crippen LogP contribution in [-0.4, -0.2) is 8.80 Å². The molecular formula is C10H10F3OSi. The third kappa shape index (κ3) is 3.43. The lowest BCUT2D eigenvalue weighted by atomic mass is 10.3. The zero-order chi connectivity index (χ0) is 11.4. The summed E-state index contributed by atoms with van der Waals surface area (Å²) < 4.78 is 40.3. The van der Waals surface area contributed by atoms with Crippen molar-refractivity contribution < 1.29 is 17.9 Å². The number of hydrogen-bond acceptors (Lipinski definition) is 1. The normalized spacial score (nSPS) is 10.3. The van der Waals surface area contributed by atoms with E-state index in [0.717, 1.165) is 5.19 Å². The van der Waals surface area contributed by atoms with Gasteiger partial charge in [-0.3, -0.25) is 0 Å². The number of benzene rings is 1. The number of halogens is 3. The van der Waals surface area contributed by atoms with E-state index in [1.807, 2.05) is 19.2 Å². The van der Waals surface area contributed by atoms with Gasteiger partial charge < -0.3 is 4.74 Å². The van der Waals surface area contributed by atoms with Crippen molar-refractivity contribution in [2.45, 2.75) is 13.1 Å². The van der Waals surface area contributed by atoms with E-state index in [0.29, 0.717) is 0 Å². The standard InChI is InChI=1S/C10H10F3OSi/c1-15(2)8-5-3-4-7(6-8)14-10(13)9(11)12/h3-6H,1-2H3. The SMILES string of the molecule is C[Si](C)c1cccc(OC(F)=C(F)F)c1. The summed E-state index contributed by atoms with van der Waals surface area (Å²) in [6.45, 7) is 4.09. The maximum absolute atomic E-state index is 12.5. The first-order valence-electron chi connectivity index (χ1n) is 4.30. The van der Waals surface area contributed by atoms with E-state index in [-0.39, 0.29) is 5.75 Å². The number of hydrogen-bond donors (Lipinski definition) is 0. The molecule has 81 valence electrons. The minimum Gasteiger partial charge on any atom is -0.428 e. The highest BCUT2D eigenvalue weighted by molar-refractivity contribution is 6.70. The van der Waals surface area contributed by atoms with Crippen LogP contribution in [0.25, 0.3) is 0 Å². The molecule has 0 heterocycles. The summed E-state index contributed by atoms with van der Waals surface area (Å²) in [4.78, 5) is 0. The highest BCUT2D eigenvalue weighted by atomic mass is 28.3. The van der Waals surface area contributed by atoms with Gasteiger partial charge in [0.2, 0.25) is 0 Å². The van der Waals surface area contributed by atoms with Gasteiger partial charge in [0.1, 0.15) is 5.75 Å². The second-order valence-electron chi connectivity index (χ2n) is 3.16. The Morgan fingerprint density at radius 2 is 1.87 bits per heavy atom. The van der Waals surface area contributed by atoms with Gasteiger partial charge in [0.15, 0.2) is 0 Å². The molecule has 5 heteroatoms. The highest BCUT2D eigenvalue weighted by Crippen LogP contribution is 2.16. The van der Waals surface area contributed by atoms with Crippen molar-refractivity contribution in [2.24, 2.45) is 0 Å². The van der Waals surface area contributed by atoms with Crippen LogP contribution in [-0.2, 0) is 0 Å². The largest absolute Gasteiger partial charge is 0.428 e. The molecule has 0 amide bonds. The molecule has 0 atom stereocenters. The van der Waals surface area contributed by atoms with Crippen molar-refractivity contribution in [1.82, 2.24) is 0 Å². The van der Waals surface area contributed by atoms with Gasteiger partial charge >= 0.3 is 12.1 Å². The van der Waals surface area contributed by atoms with Gasteiger partial charge in [-0.1, -0.05) is 30.4 Å². The Hall–Kier alpha value is -1.23. The van der Waals surface area contributed by atoms with E-state index < -0.39 is 20.9 Å². The minimum atomic E-state index is -2.45. The van der Waals surface area contributed by atoms with Gasteiger partial charge in [0, 0.05) is 0 Å². The average Bonchev–Trinajstić information content (AvgIpc) is 2.18. The molecule has 1 radical (unpaired) electrons. The maximum Gasteiger partial charge on any atom is 0.344 e. The molecule has 0 aliphatic rings. The Morgan fingerprint density at radius 1 is 1.20 bits per heavy atom. The Kier molecular flexibility index (Phi) is 3.96. The summed E-state index contributed by atoms with van der Waals surface area (Å²) >= 11 is 0. The van der Waals surface area contributed by atoms with Gasteiger partial charge in [0.05, 0.1) is 8.80 Å². The zero-order valence-corrected chi connectivity index (χ0v) is 9.35. The Labute approximate surface area is 87.8 Å². The highest BCUT2D eigenvalue weighted by Gasteiger charge is 2.09. The number of rotatable bonds is 3. The van der Waals surface area contributed by atoms with Crippen LogP contribution >= 0.6 is 0 Å². The van der Waals surface area contributed by atoms with Crippen LogP contribution in [0.2, 0.25) is 13.1 Å². The van der Waals surface area contributed by atoms with Gasteiger partial charge in [-0.15, -0.1) is 0 Å². The molecule has 0 spiro atoms. The molecule has 0 saturated heterocycles. The summed E-state index contributed by atoms with van der Waals surface area (Å²) in [7, 11) is -0.695. The van der Waals surface area contributed by atoms with Crippen molar-refractivity contribution in [3.63, 3.8) is 0 Å². The van der Waals surface area contributed by atoms with Gasteiger partial charge in [-0.05, 0) is 12.1 Å². The second kappa shape index (κ2) is 5.02. The third-order valence-electron chi connectivity index (χ3n) is 1.77. The molecule has 1 nitrogen and oxygen atoms in total. The lowest BCUT2D eigenvalue weighted by molar-refractivity contribution is 0.241. The molecule has 0 aromatic heterocycles. The fourth-order valence-corrected chi connectivity index (χ4v) is 1.87. The van der Waals surface area contributed by atoms with Crippen LogP contribution in [0.3, 0.4) is 0 Å². The summed E-state index contributed by atoms with van der Waals surface area (Å²) in [6, 6.07) is 4.71. The Balaban J connectivity index is 2.88. The first kappa shape index (κ1) is 11.8. The van der Waals surface area contributed by atoms with Gasteiger partial charge in [0.25, 0.3) is 0 Å². The van der Waals surface area contributed by atoms with Crippen molar-refractivity contribution >= 4 is 14.0 Å². The molecule has 0 saturated carbocycles. The van der Waals surface area contributed by atoms with E-state index in [4.69, 9.17) is 0 Å². The molecule has 0 bridgehead atoms. The zero-order valence-electron chi connectivity index (χ0n) is 8.35. The van der Waals surface area contributed by atoms with E-state index in [1.165, 1.54) is 6.07 Å². The van der Waals surface area contributed by atoms with Crippen LogP contribution < -0.4 is 9.92 Å². The third-order valence-corrected chi connectivity index (χ3v) is 3.23. The van der Waals surface area contributed by atoms with Crippen LogP contribution in [0.5, 0.6) is 5.75 Å². The van der Waals surface area contributed by atoms with Crippen LogP contribution in [0.15, 0.2) is 36.4 Å². The fourth-order valence-electron chi connectivity index (χ4n) is 1.01. The second-order valence-corrected chi connectivity index (χ2v) is 5.74. The molecule has 0 aliphatic carbocycles. The van der Waals surface area contributed by atoms with Crippen LogP contribution in [0.1, 0.15) is 0 Å². The predicted molar refractivity (Wildman–Crippen MR) is 54.5 cm³/mol. The first-order valence-corrected chi connectivity index (χ1v) is 6.80. The van der Waals surface area contributed by atoms with Crippen molar-refractivity contribution in [2.75, 3.05) is 0 Å². The summed E-state index contributed by atoms with van der Waals surface area (Å²) in [6.07, 6.45) is -2.45. The molecule has 1 rings (SSSR count). The van der Waals surface area contributed by atoms with E-state index >= 15 is 0 Å². The van der Waals surface area contributed by atoms with E-state index in [1.54, 1.807) is 12.1 Å². The fraction of sp³-hybridized carbons (Fsp3) is 0.200. The molecule has 15 heavy (non-hydrogen) atoms. The molecule has 0 N–H and O–H groups in total. The monoisotopic (exact) mass is 231 g/mol. The van der Waals surface area contributed by atoms with Crippen molar-refractivity contribution in [3.8, 4) is 5.75 Å². The summed E-state index contributed by atoms with van der Waals surface area (Å²) in [5.74, 6) is 0.101. The molecular weight excluding hydrogens is 221 g/mol. The van der Waals surface area contributed by atoms with Gasteiger partial charge in [-0.2, -0.15) is 13.2 Å². The maximum atomic E-state index is 12.5. The first-order chi connectivity index (χ1) is 7.00. The molecule has 1 aromatic carbocycles. The Bertz CT molecular complexity index is 373. The van der Waals surface area contributed by atoms with Crippen LogP contribution in [0.4, 0.5) is 13.2 Å². The summed E-state index contributed by atoms with van der Waals surface area (Å²) in [5.41, 5.74) is 0. The van der Waals surface area contributed by atoms with Crippen molar-refractivity contribution in [1.29, 1.82) is 0 Å². The molecule has 0 fully saturated rings. The molecule has 0 unspecified atom stereocenters.